The maximum absolute atomic E-state index is 13.2. The summed E-state index contributed by atoms with van der Waals surface area (Å²) in [6, 6.07) is 4.51. The normalized spacial score (nSPS) is 17.4. The smallest absolute Gasteiger partial charge is 0.251 e. The van der Waals surface area contributed by atoms with Crippen LogP contribution >= 0.6 is 0 Å². The first kappa shape index (κ1) is 14.0. The van der Waals surface area contributed by atoms with E-state index < -0.39 is 0 Å². The monoisotopic (exact) mass is 263 g/mol. The number of rotatable bonds is 4. The molecular weight excluding hydrogens is 241 g/mol. The van der Waals surface area contributed by atoms with Crippen molar-refractivity contribution in [2.45, 2.75) is 46.0 Å². The fourth-order valence-corrected chi connectivity index (χ4v) is 2.94. The van der Waals surface area contributed by atoms with Gasteiger partial charge in [-0.25, -0.2) is 4.39 Å². The lowest BCUT2D eigenvalue weighted by molar-refractivity contribution is 0.0928. The van der Waals surface area contributed by atoms with E-state index in [1.54, 1.807) is 19.1 Å². The largest absolute Gasteiger partial charge is 0.351 e. The van der Waals surface area contributed by atoms with Gasteiger partial charge in [0.05, 0.1) is 0 Å². The summed E-state index contributed by atoms with van der Waals surface area (Å²) < 4.78 is 13.2. The van der Waals surface area contributed by atoms with Crippen LogP contribution in [0.15, 0.2) is 18.2 Å². The molecule has 1 aliphatic carbocycles. The third-order valence-electron chi connectivity index (χ3n) is 4.46. The summed E-state index contributed by atoms with van der Waals surface area (Å²) >= 11 is 0. The number of hydrogen-bond donors (Lipinski definition) is 1. The number of hydrogen-bond acceptors (Lipinski definition) is 1. The predicted octanol–water partition coefficient (Wildman–Crippen LogP) is 3.83. The molecule has 0 atom stereocenters. The van der Waals surface area contributed by atoms with Crippen LogP contribution in [-0.2, 0) is 0 Å². The van der Waals surface area contributed by atoms with Gasteiger partial charge in [0.15, 0.2) is 0 Å². The Hall–Kier alpha value is -1.38. The maximum Gasteiger partial charge on any atom is 0.251 e. The zero-order valence-corrected chi connectivity index (χ0v) is 11.8. The van der Waals surface area contributed by atoms with Crippen molar-refractivity contribution in [3.05, 3.63) is 35.1 Å². The average Bonchev–Trinajstić information content (AvgIpc) is 2.89. The van der Waals surface area contributed by atoms with E-state index in [0.717, 1.165) is 13.0 Å². The lowest BCUT2D eigenvalue weighted by Crippen LogP contribution is -2.35. The minimum Gasteiger partial charge on any atom is -0.351 e. The molecule has 0 aromatic heterocycles. The van der Waals surface area contributed by atoms with Gasteiger partial charge in [-0.3, -0.25) is 4.79 Å². The van der Waals surface area contributed by atoms with E-state index in [2.05, 4.69) is 12.2 Å². The van der Waals surface area contributed by atoms with Gasteiger partial charge in [-0.1, -0.05) is 19.8 Å². The Bertz CT molecular complexity index is 464. The Kier molecular flexibility index (Phi) is 4.23. The van der Waals surface area contributed by atoms with E-state index in [1.807, 2.05) is 0 Å². The van der Waals surface area contributed by atoms with Crippen LogP contribution in [0.1, 0.15) is 54.9 Å². The van der Waals surface area contributed by atoms with E-state index in [1.165, 1.54) is 31.7 Å². The van der Waals surface area contributed by atoms with Crippen LogP contribution in [0.25, 0.3) is 0 Å². The van der Waals surface area contributed by atoms with Gasteiger partial charge in [-0.2, -0.15) is 0 Å². The minimum absolute atomic E-state index is 0.0946. The number of halogens is 1. The van der Waals surface area contributed by atoms with Crippen molar-refractivity contribution in [2.75, 3.05) is 6.54 Å². The first-order chi connectivity index (χ1) is 9.06. The molecule has 104 valence electrons. The van der Waals surface area contributed by atoms with Crippen LogP contribution in [0.3, 0.4) is 0 Å². The molecule has 1 N–H and O–H groups in total. The molecule has 19 heavy (non-hydrogen) atoms. The topological polar surface area (TPSA) is 29.1 Å². The summed E-state index contributed by atoms with van der Waals surface area (Å²) in [7, 11) is 0. The van der Waals surface area contributed by atoms with Crippen LogP contribution in [-0.4, -0.2) is 12.5 Å². The molecule has 2 rings (SSSR count). The first-order valence-electron chi connectivity index (χ1n) is 7.11. The zero-order valence-electron chi connectivity index (χ0n) is 11.8. The zero-order chi connectivity index (χ0) is 13.9. The van der Waals surface area contributed by atoms with Crippen molar-refractivity contribution in [3.63, 3.8) is 0 Å². The minimum atomic E-state index is -0.266. The van der Waals surface area contributed by atoms with Crippen molar-refractivity contribution < 1.29 is 9.18 Å². The fourth-order valence-electron chi connectivity index (χ4n) is 2.94. The molecule has 1 aromatic carbocycles. The highest BCUT2D eigenvalue weighted by Crippen LogP contribution is 2.40. The van der Waals surface area contributed by atoms with Crippen molar-refractivity contribution in [1.29, 1.82) is 0 Å². The van der Waals surface area contributed by atoms with Crippen molar-refractivity contribution >= 4 is 5.91 Å². The SMILES string of the molecule is CCC1(CNC(=O)c2ccc(F)c(C)c2)CCCC1. The van der Waals surface area contributed by atoms with Crippen molar-refractivity contribution in [2.24, 2.45) is 5.41 Å². The predicted molar refractivity (Wildman–Crippen MR) is 74.7 cm³/mol. The molecule has 1 aliphatic rings. The van der Waals surface area contributed by atoms with Gasteiger partial charge in [0.25, 0.3) is 5.91 Å². The molecule has 1 amide bonds. The summed E-state index contributed by atoms with van der Waals surface area (Å²) in [6.07, 6.45) is 6.03. The Morgan fingerprint density at radius 2 is 2.05 bits per heavy atom. The molecule has 0 aliphatic heterocycles. The van der Waals surface area contributed by atoms with Crippen LogP contribution in [0.5, 0.6) is 0 Å². The Balaban J connectivity index is 1.99. The summed E-state index contributed by atoms with van der Waals surface area (Å²) in [5.74, 6) is -0.361. The van der Waals surface area contributed by atoms with Crippen LogP contribution < -0.4 is 5.32 Å². The fraction of sp³-hybridized carbons (Fsp3) is 0.562. The lowest BCUT2D eigenvalue weighted by atomic mass is 9.83. The second-order valence-electron chi connectivity index (χ2n) is 5.71. The van der Waals surface area contributed by atoms with Gasteiger partial charge in [0, 0.05) is 12.1 Å². The maximum atomic E-state index is 13.2. The molecular formula is C16H22FNO. The third-order valence-corrected chi connectivity index (χ3v) is 4.46. The number of carbonyl (C=O) groups excluding carboxylic acids is 1. The van der Waals surface area contributed by atoms with E-state index in [4.69, 9.17) is 0 Å². The highest BCUT2D eigenvalue weighted by atomic mass is 19.1. The molecule has 1 fully saturated rings. The molecule has 3 heteroatoms. The summed E-state index contributed by atoms with van der Waals surface area (Å²) in [5.41, 5.74) is 1.34. The standard InChI is InChI=1S/C16H22FNO/c1-3-16(8-4-5-9-16)11-18-15(19)13-6-7-14(17)12(2)10-13/h6-7,10H,3-5,8-9,11H2,1-2H3,(H,18,19). The van der Waals surface area contributed by atoms with Crippen molar-refractivity contribution in [1.82, 2.24) is 5.32 Å². The molecule has 1 aromatic rings. The Labute approximate surface area is 114 Å². The first-order valence-corrected chi connectivity index (χ1v) is 7.11. The van der Waals surface area contributed by atoms with Gasteiger partial charge in [0.1, 0.15) is 5.82 Å². The van der Waals surface area contributed by atoms with E-state index in [0.29, 0.717) is 11.1 Å². The summed E-state index contributed by atoms with van der Waals surface area (Å²) in [4.78, 5) is 12.1. The molecule has 0 heterocycles. The van der Waals surface area contributed by atoms with E-state index >= 15 is 0 Å². The molecule has 0 radical (unpaired) electrons. The van der Waals surface area contributed by atoms with E-state index in [9.17, 15) is 9.18 Å². The number of carbonyl (C=O) groups is 1. The van der Waals surface area contributed by atoms with Gasteiger partial charge in [-0.05, 0) is 55.4 Å². The Morgan fingerprint density at radius 3 is 2.63 bits per heavy atom. The van der Waals surface area contributed by atoms with Crippen molar-refractivity contribution in [3.8, 4) is 0 Å². The Morgan fingerprint density at radius 1 is 1.37 bits per heavy atom. The highest BCUT2D eigenvalue weighted by molar-refractivity contribution is 5.94. The van der Waals surface area contributed by atoms with Gasteiger partial charge in [0.2, 0.25) is 0 Å². The highest BCUT2D eigenvalue weighted by Gasteiger charge is 2.32. The molecule has 0 saturated heterocycles. The quantitative estimate of drug-likeness (QED) is 0.878. The number of amides is 1. The van der Waals surface area contributed by atoms with Gasteiger partial charge >= 0.3 is 0 Å². The lowest BCUT2D eigenvalue weighted by Gasteiger charge is -2.27. The molecule has 0 unspecified atom stereocenters. The molecule has 0 bridgehead atoms. The van der Waals surface area contributed by atoms with Gasteiger partial charge in [-0.15, -0.1) is 0 Å². The number of nitrogens with one attached hydrogen (secondary N) is 1. The number of benzene rings is 1. The van der Waals surface area contributed by atoms with Crippen LogP contribution in [0, 0.1) is 18.2 Å². The van der Waals surface area contributed by atoms with Gasteiger partial charge < -0.3 is 5.32 Å². The van der Waals surface area contributed by atoms with E-state index in [-0.39, 0.29) is 17.1 Å². The summed E-state index contributed by atoms with van der Waals surface area (Å²) in [5, 5.41) is 3.02. The number of aryl methyl sites for hydroxylation is 1. The van der Waals surface area contributed by atoms with Crippen LogP contribution in [0.2, 0.25) is 0 Å². The third kappa shape index (κ3) is 3.14. The second kappa shape index (κ2) is 5.72. The molecule has 1 saturated carbocycles. The molecule has 2 nitrogen and oxygen atoms in total. The van der Waals surface area contributed by atoms with Crippen LogP contribution in [0.4, 0.5) is 4.39 Å². The molecule has 0 spiro atoms. The average molecular weight is 263 g/mol. The second-order valence-corrected chi connectivity index (χ2v) is 5.71. The summed E-state index contributed by atoms with van der Waals surface area (Å²) in [6.45, 7) is 4.61.